The van der Waals surface area contributed by atoms with Crippen LogP contribution in [0.2, 0.25) is 0 Å². The highest BCUT2D eigenvalue weighted by atomic mass is 16.6. The highest BCUT2D eigenvalue weighted by Gasteiger charge is 2.17. The Kier molecular flexibility index (Phi) is 8.86. The summed E-state index contributed by atoms with van der Waals surface area (Å²) in [6.45, 7) is 1.87. The maximum atomic E-state index is 12.6. The monoisotopic (exact) mass is 509 g/mol. The van der Waals surface area contributed by atoms with E-state index in [1.54, 1.807) is 79.7 Å². The van der Waals surface area contributed by atoms with Crippen LogP contribution in [-0.4, -0.2) is 37.1 Å². The Morgan fingerprint density at radius 3 is 1.55 bits per heavy atom. The van der Waals surface area contributed by atoms with Gasteiger partial charge in [-0.15, -0.1) is 0 Å². The molecule has 0 aliphatic rings. The smallest absolute Gasteiger partial charge is 0.410 e. The number of carbonyl (C=O) groups is 3. The second-order valence-corrected chi connectivity index (χ2v) is 8.22. The summed E-state index contributed by atoms with van der Waals surface area (Å²) in [6, 6.07) is 31.4. The number of nitrogens with one attached hydrogen (secondary N) is 1. The lowest BCUT2D eigenvalue weighted by molar-refractivity contribution is 0.0824. The number of alkyl carbamates (subject to hydrolysis) is 1. The van der Waals surface area contributed by atoms with E-state index in [9.17, 15) is 14.4 Å². The largest absolute Gasteiger partial charge is 0.488 e. The molecule has 7 nitrogen and oxygen atoms in total. The topological polar surface area (TPSA) is 90.9 Å². The van der Waals surface area contributed by atoms with Crippen LogP contribution in [0.1, 0.15) is 38.8 Å². The highest BCUT2D eigenvalue weighted by Crippen LogP contribution is 2.19. The Morgan fingerprint density at radius 2 is 1.08 bits per heavy atom. The first-order chi connectivity index (χ1) is 18.5. The fourth-order valence-electron chi connectivity index (χ4n) is 3.65. The zero-order chi connectivity index (χ0) is 26.7. The second-order valence-electron chi connectivity index (χ2n) is 8.22. The predicted molar refractivity (Wildman–Crippen MR) is 143 cm³/mol. The molecule has 1 atom stereocenters. The quantitative estimate of drug-likeness (QED) is 0.207. The number of ketones is 2. The lowest BCUT2D eigenvalue weighted by Gasteiger charge is -2.21. The number of amides is 1. The molecule has 4 rings (SSSR count). The lowest BCUT2D eigenvalue weighted by Crippen LogP contribution is -2.43. The van der Waals surface area contributed by atoms with Crippen LogP contribution >= 0.6 is 0 Å². The van der Waals surface area contributed by atoms with Gasteiger partial charge in [-0.1, -0.05) is 60.7 Å². The van der Waals surface area contributed by atoms with Gasteiger partial charge in [0.1, 0.15) is 18.1 Å². The number of benzene rings is 4. The van der Waals surface area contributed by atoms with Crippen molar-refractivity contribution in [1.82, 2.24) is 5.32 Å². The molecule has 7 heteroatoms. The van der Waals surface area contributed by atoms with Crippen molar-refractivity contribution in [1.29, 1.82) is 0 Å². The van der Waals surface area contributed by atoms with Crippen LogP contribution in [0.25, 0.3) is 0 Å². The molecule has 0 spiro atoms. The molecular formula is C31H27NO6. The van der Waals surface area contributed by atoms with Gasteiger partial charge in [-0.2, -0.15) is 0 Å². The van der Waals surface area contributed by atoms with Gasteiger partial charge in [0.2, 0.25) is 6.23 Å². The van der Waals surface area contributed by atoms with Crippen molar-refractivity contribution < 1.29 is 28.6 Å². The Hall–Kier alpha value is -4.91. The molecule has 0 heterocycles. The fourth-order valence-corrected chi connectivity index (χ4v) is 3.65. The summed E-state index contributed by atoms with van der Waals surface area (Å²) in [7, 11) is 0. The van der Waals surface area contributed by atoms with E-state index in [-0.39, 0.29) is 24.8 Å². The molecule has 4 aromatic carbocycles. The van der Waals surface area contributed by atoms with Crippen LogP contribution in [0.5, 0.6) is 11.5 Å². The van der Waals surface area contributed by atoms with Crippen LogP contribution < -0.4 is 14.8 Å². The first kappa shape index (κ1) is 26.2. The summed E-state index contributed by atoms with van der Waals surface area (Å²) in [5, 5.41) is 2.62. The van der Waals surface area contributed by atoms with E-state index in [0.29, 0.717) is 33.8 Å². The van der Waals surface area contributed by atoms with Crippen molar-refractivity contribution in [3.63, 3.8) is 0 Å². The maximum Gasteiger partial charge on any atom is 0.410 e. The molecule has 0 fully saturated rings. The third-order valence-corrected chi connectivity index (χ3v) is 5.54. The SMILES string of the molecule is CCOC(=O)NC(COc1ccc(C(=O)c2ccccc2)cc1)Oc1ccc(C(=O)c2ccccc2)cc1. The van der Waals surface area contributed by atoms with Gasteiger partial charge in [0.15, 0.2) is 11.6 Å². The zero-order valence-electron chi connectivity index (χ0n) is 20.8. The van der Waals surface area contributed by atoms with Crippen LogP contribution in [0.3, 0.4) is 0 Å². The summed E-state index contributed by atoms with van der Waals surface area (Å²) in [5.41, 5.74) is 2.24. The van der Waals surface area contributed by atoms with Crippen molar-refractivity contribution in [3.05, 3.63) is 131 Å². The molecule has 0 radical (unpaired) electrons. The van der Waals surface area contributed by atoms with Crippen LogP contribution in [-0.2, 0) is 4.74 Å². The summed E-state index contributed by atoms with van der Waals surface area (Å²) < 4.78 is 16.7. The maximum absolute atomic E-state index is 12.6. The van der Waals surface area contributed by atoms with Crippen molar-refractivity contribution >= 4 is 17.7 Å². The third-order valence-electron chi connectivity index (χ3n) is 5.54. The van der Waals surface area contributed by atoms with Crippen molar-refractivity contribution in [2.45, 2.75) is 13.2 Å². The number of ether oxygens (including phenoxy) is 3. The first-order valence-corrected chi connectivity index (χ1v) is 12.2. The van der Waals surface area contributed by atoms with E-state index in [1.807, 2.05) is 36.4 Å². The third kappa shape index (κ3) is 7.07. The molecule has 1 N–H and O–H groups in total. The number of rotatable bonds is 11. The van der Waals surface area contributed by atoms with Crippen LogP contribution in [0.4, 0.5) is 4.79 Å². The Morgan fingerprint density at radius 1 is 0.632 bits per heavy atom. The minimum absolute atomic E-state index is 0.0323. The Bertz CT molecular complexity index is 1350. The molecule has 0 aliphatic carbocycles. The van der Waals surface area contributed by atoms with Gasteiger partial charge in [0.05, 0.1) is 6.61 Å². The van der Waals surface area contributed by atoms with E-state index >= 15 is 0 Å². The average Bonchev–Trinajstić information content (AvgIpc) is 2.97. The first-order valence-electron chi connectivity index (χ1n) is 12.2. The van der Waals surface area contributed by atoms with Gasteiger partial charge >= 0.3 is 6.09 Å². The molecule has 1 unspecified atom stereocenters. The van der Waals surface area contributed by atoms with Gasteiger partial charge in [-0.3, -0.25) is 14.9 Å². The zero-order valence-corrected chi connectivity index (χ0v) is 20.8. The summed E-state index contributed by atoms with van der Waals surface area (Å²) in [6.07, 6.45) is -1.53. The normalized spacial score (nSPS) is 11.2. The summed E-state index contributed by atoms with van der Waals surface area (Å²) in [4.78, 5) is 37.3. The fraction of sp³-hybridized carbons (Fsp3) is 0.129. The van der Waals surface area contributed by atoms with Crippen molar-refractivity contribution in [2.75, 3.05) is 13.2 Å². The van der Waals surface area contributed by atoms with Crippen LogP contribution in [0.15, 0.2) is 109 Å². The molecule has 1 amide bonds. The van der Waals surface area contributed by atoms with Gasteiger partial charge in [-0.05, 0) is 55.5 Å². The molecule has 192 valence electrons. The Labute approximate surface area is 221 Å². The lowest BCUT2D eigenvalue weighted by atomic mass is 10.0. The molecule has 0 aromatic heterocycles. The standard InChI is InChI=1S/C31H27NO6/c1-2-36-31(35)32-28(38-27-19-15-25(16-20-27)30(34)23-11-7-4-8-12-23)21-37-26-17-13-24(14-18-26)29(33)22-9-5-3-6-10-22/h3-20,28H,2,21H2,1H3,(H,32,35). The molecule has 0 aliphatic heterocycles. The minimum atomic E-state index is -0.879. The van der Waals surface area contributed by atoms with E-state index in [1.165, 1.54) is 0 Å². The number of carbonyl (C=O) groups excluding carboxylic acids is 3. The molecule has 0 saturated heterocycles. The van der Waals surface area contributed by atoms with E-state index < -0.39 is 12.3 Å². The van der Waals surface area contributed by atoms with Gasteiger partial charge < -0.3 is 14.2 Å². The molecule has 38 heavy (non-hydrogen) atoms. The molecule has 0 bridgehead atoms. The van der Waals surface area contributed by atoms with Crippen LogP contribution in [0, 0.1) is 0 Å². The predicted octanol–water partition coefficient (Wildman–Crippen LogP) is 5.68. The van der Waals surface area contributed by atoms with E-state index in [4.69, 9.17) is 14.2 Å². The highest BCUT2D eigenvalue weighted by molar-refractivity contribution is 6.09. The summed E-state index contributed by atoms with van der Waals surface area (Å²) >= 11 is 0. The van der Waals surface area contributed by atoms with E-state index in [0.717, 1.165) is 0 Å². The van der Waals surface area contributed by atoms with Gasteiger partial charge in [0.25, 0.3) is 0 Å². The van der Waals surface area contributed by atoms with Crippen molar-refractivity contribution in [2.24, 2.45) is 0 Å². The number of hydrogen-bond acceptors (Lipinski definition) is 6. The van der Waals surface area contributed by atoms with Crippen molar-refractivity contribution in [3.8, 4) is 11.5 Å². The number of hydrogen-bond donors (Lipinski definition) is 1. The Balaban J connectivity index is 1.40. The van der Waals surface area contributed by atoms with Gasteiger partial charge in [0, 0.05) is 22.3 Å². The van der Waals surface area contributed by atoms with Gasteiger partial charge in [-0.25, -0.2) is 4.79 Å². The van der Waals surface area contributed by atoms with E-state index in [2.05, 4.69) is 5.32 Å². The average molecular weight is 510 g/mol. The molecule has 0 saturated carbocycles. The summed E-state index contributed by atoms with van der Waals surface area (Å²) in [5.74, 6) is 0.744. The molecule has 4 aromatic rings. The minimum Gasteiger partial charge on any atom is -0.488 e. The second kappa shape index (κ2) is 12.9. The molecular weight excluding hydrogens is 482 g/mol.